The van der Waals surface area contributed by atoms with Crippen LogP contribution in [0, 0.1) is 12.3 Å². The van der Waals surface area contributed by atoms with E-state index in [2.05, 4.69) is 27.1 Å². The van der Waals surface area contributed by atoms with E-state index in [0.717, 1.165) is 49.7 Å². The fourth-order valence-corrected chi connectivity index (χ4v) is 4.03. The lowest BCUT2D eigenvalue weighted by atomic mass is 9.86. The number of aryl methyl sites for hydroxylation is 2. The smallest absolute Gasteiger partial charge is 0.227 e. The molecule has 4 rings (SSSR count). The van der Waals surface area contributed by atoms with E-state index < -0.39 is 0 Å². The molecule has 0 aromatic carbocycles. The van der Waals surface area contributed by atoms with Crippen molar-refractivity contribution in [3.05, 3.63) is 42.0 Å². The molecule has 2 aliphatic rings. The van der Waals surface area contributed by atoms with Crippen molar-refractivity contribution in [2.75, 3.05) is 24.5 Å². The topological polar surface area (TPSA) is 54.3 Å². The Bertz CT molecular complexity index is 770. The molecule has 1 spiro atoms. The van der Waals surface area contributed by atoms with E-state index >= 15 is 0 Å². The van der Waals surface area contributed by atoms with Crippen LogP contribution in [0.25, 0.3) is 0 Å². The van der Waals surface area contributed by atoms with E-state index in [1.54, 1.807) is 10.9 Å². The number of rotatable bonds is 3. The Morgan fingerprint density at radius 2 is 2.17 bits per heavy atom. The second-order valence-corrected chi connectivity index (χ2v) is 7.26. The normalized spacial score (nSPS) is 24.4. The summed E-state index contributed by atoms with van der Waals surface area (Å²) in [6, 6.07) is 6.17. The fourth-order valence-electron chi connectivity index (χ4n) is 4.03. The minimum Gasteiger partial charge on any atom is -0.309 e. The molecule has 0 bridgehead atoms. The molecule has 6 nitrogen and oxygen atoms in total. The van der Waals surface area contributed by atoms with Gasteiger partial charge in [0.25, 0.3) is 0 Å². The lowest BCUT2D eigenvalue weighted by Crippen LogP contribution is -2.31. The summed E-state index contributed by atoms with van der Waals surface area (Å²) in [5, 5.41) is 4.19. The molecule has 24 heavy (non-hydrogen) atoms. The molecule has 1 amide bonds. The van der Waals surface area contributed by atoms with Gasteiger partial charge in [0.15, 0.2) is 0 Å². The van der Waals surface area contributed by atoms with Gasteiger partial charge in [-0.3, -0.25) is 19.4 Å². The van der Waals surface area contributed by atoms with Crippen molar-refractivity contribution >= 4 is 11.6 Å². The van der Waals surface area contributed by atoms with E-state index in [1.807, 2.05) is 31.1 Å². The van der Waals surface area contributed by atoms with Gasteiger partial charge in [0, 0.05) is 50.4 Å². The molecule has 0 saturated carbocycles. The maximum Gasteiger partial charge on any atom is 0.227 e. The Labute approximate surface area is 142 Å². The van der Waals surface area contributed by atoms with Crippen LogP contribution in [-0.2, 0) is 18.4 Å². The van der Waals surface area contributed by atoms with Crippen LogP contribution in [0.2, 0.25) is 0 Å². The van der Waals surface area contributed by atoms with Crippen LogP contribution in [0.1, 0.15) is 24.2 Å². The maximum atomic E-state index is 12.5. The molecule has 2 saturated heterocycles. The minimum absolute atomic E-state index is 0.0801. The Morgan fingerprint density at radius 1 is 1.29 bits per heavy atom. The molecule has 2 aromatic heterocycles. The second kappa shape index (κ2) is 5.70. The van der Waals surface area contributed by atoms with E-state index in [0.29, 0.717) is 6.42 Å². The summed E-state index contributed by atoms with van der Waals surface area (Å²) in [5.41, 5.74) is 3.16. The number of aromatic nitrogens is 3. The summed E-state index contributed by atoms with van der Waals surface area (Å²) in [4.78, 5) is 21.5. The van der Waals surface area contributed by atoms with Gasteiger partial charge < -0.3 is 4.90 Å². The lowest BCUT2D eigenvalue weighted by molar-refractivity contribution is -0.117. The number of likely N-dealkylation sites (tertiary alicyclic amines) is 1. The van der Waals surface area contributed by atoms with Crippen LogP contribution in [0.5, 0.6) is 0 Å². The molecule has 126 valence electrons. The predicted molar refractivity (Wildman–Crippen MR) is 91.5 cm³/mol. The summed E-state index contributed by atoms with van der Waals surface area (Å²) < 4.78 is 1.75. The lowest BCUT2D eigenvalue weighted by Gasteiger charge is -2.23. The maximum absolute atomic E-state index is 12.5. The SMILES string of the molecule is Cc1cccc(CN2CCC3(CC(=O)N(c4cnn(C)c4)C3)C2)n1. The van der Waals surface area contributed by atoms with Gasteiger partial charge in [-0.2, -0.15) is 5.10 Å². The van der Waals surface area contributed by atoms with Crippen molar-refractivity contribution in [1.29, 1.82) is 0 Å². The first-order chi connectivity index (χ1) is 11.5. The van der Waals surface area contributed by atoms with Crippen LogP contribution in [0.4, 0.5) is 5.69 Å². The number of carbonyl (C=O) groups excluding carboxylic acids is 1. The van der Waals surface area contributed by atoms with Gasteiger partial charge in [0.05, 0.1) is 17.6 Å². The van der Waals surface area contributed by atoms with Crippen molar-refractivity contribution in [2.24, 2.45) is 12.5 Å². The average Bonchev–Trinajstić information content (AvgIpc) is 3.20. The Hall–Kier alpha value is -2.21. The van der Waals surface area contributed by atoms with Gasteiger partial charge in [0.2, 0.25) is 5.91 Å². The highest BCUT2D eigenvalue weighted by Crippen LogP contribution is 2.42. The number of amides is 1. The first kappa shape index (κ1) is 15.3. The molecule has 2 fully saturated rings. The fraction of sp³-hybridized carbons (Fsp3) is 0.500. The highest BCUT2D eigenvalue weighted by atomic mass is 16.2. The van der Waals surface area contributed by atoms with Gasteiger partial charge in [-0.1, -0.05) is 6.07 Å². The van der Waals surface area contributed by atoms with E-state index in [9.17, 15) is 4.79 Å². The Kier molecular flexibility index (Phi) is 3.64. The summed E-state index contributed by atoms with van der Waals surface area (Å²) in [5.74, 6) is 0.221. The second-order valence-electron chi connectivity index (χ2n) is 7.26. The number of nitrogens with zero attached hydrogens (tertiary/aromatic N) is 5. The van der Waals surface area contributed by atoms with Crippen molar-refractivity contribution in [3.63, 3.8) is 0 Å². The molecule has 2 aliphatic heterocycles. The number of hydrogen-bond donors (Lipinski definition) is 0. The van der Waals surface area contributed by atoms with Crippen molar-refractivity contribution < 1.29 is 4.79 Å². The summed E-state index contributed by atoms with van der Waals surface area (Å²) in [6.07, 6.45) is 5.40. The van der Waals surface area contributed by atoms with Crippen molar-refractivity contribution in [1.82, 2.24) is 19.7 Å². The molecule has 1 unspecified atom stereocenters. The molecule has 6 heteroatoms. The standard InChI is InChI=1S/C18H23N5O/c1-14-4-3-5-15(20-14)10-22-7-6-18(12-22)8-17(24)23(13-18)16-9-19-21(2)11-16/h3-5,9,11H,6-8,10,12-13H2,1-2H3. The van der Waals surface area contributed by atoms with Gasteiger partial charge in [-0.25, -0.2) is 0 Å². The van der Waals surface area contributed by atoms with Crippen LogP contribution >= 0.6 is 0 Å². The predicted octanol–water partition coefficient (Wildman–Crippen LogP) is 1.75. The zero-order chi connectivity index (χ0) is 16.7. The summed E-state index contributed by atoms with van der Waals surface area (Å²) in [6.45, 7) is 5.69. The first-order valence-corrected chi connectivity index (χ1v) is 8.47. The quantitative estimate of drug-likeness (QED) is 0.863. The van der Waals surface area contributed by atoms with Crippen LogP contribution in [0.15, 0.2) is 30.6 Å². The largest absolute Gasteiger partial charge is 0.309 e. The molecule has 4 heterocycles. The van der Waals surface area contributed by atoms with E-state index in [1.165, 1.54) is 0 Å². The summed E-state index contributed by atoms with van der Waals surface area (Å²) in [7, 11) is 1.88. The van der Waals surface area contributed by atoms with Gasteiger partial charge in [0.1, 0.15) is 0 Å². The molecule has 0 aliphatic carbocycles. The van der Waals surface area contributed by atoms with E-state index in [-0.39, 0.29) is 11.3 Å². The third-order valence-corrected chi connectivity index (χ3v) is 5.17. The van der Waals surface area contributed by atoms with Crippen LogP contribution < -0.4 is 4.90 Å². The molecule has 0 N–H and O–H groups in total. The van der Waals surface area contributed by atoms with Gasteiger partial charge in [-0.15, -0.1) is 0 Å². The molecular formula is C18H23N5O. The average molecular weight is 325 g/mol. The molecule has 2 aromatic rings. The highest BCUT2D eigenvalue weighted by Gasteiger charge is 2.47. The molecule has 0 radical (unpaired) electrons. The number of carbonyl (C=O) groups is 1. The third kappa shape index (κ3) is 2.82. The summed E-state index contributed by atoms with van der Waals surface area (Å²) >= 11 is 0. The number of hydrogen-bond acceptors (Lipinski definition) is 4. The van der Waals surface area contributed by atoms with E-state index in [4.69, 9.17) is 0 Å². The van der Waals surface area contributed by atoms with Crippen molar-refractivity contribution in [3.8, 4) is 0 Å². The number of pyridine rings is 1. The van der Waals surface area contributed by atoms with Crippen LogP contribution in [-0.4, -0.2) is 45.2 Å². The Morgan fingerprint density at radius 3 is 2.92 bits per heavy atom. The van der Waals surface area contributed by atoms with Gasteiger partial charge >= 0.3 is 0 Å². The monoisotopic (exact) mass is 325 g/mol. The molecular weight excluding hydrogens is 302 g/mol. The third-order valence-electron chi connectivity index (χ3n) is 5.17. The van der Waals surface area contributed by atoms with Crippen molar-refractivity contribution in [2.45, 2.75) is 26.3 Å². The Balaban J connectivity index is 1.45. The number of anilines is 1. The van der Waals surface area contributed by atoms with Crippen LogP contribution in [0.3, 0.4) is 0 Å². The highest BCUT2D eigenvalue weighted by molar-refractivity contribution is 5.96. The zero-order valence-corrected chi connectivity index (χ0v) is 14.3. The first-order valence-electron chi connectivity index (χ1n) is 8.47. The van der Waals surface area contributed by atoms with Gasteiger partial charge in [-0.05, 0) is 32.0 Å². The molecule has 1 atom stereocenters. The zero-order valence-electron chi connectivity index (χ0n) is 14.3. The minimum atomic E-state index is 0.0801.